The fraction of sp³-hybridized carbons (Fsp3) is 0. The van der Waals surface area contributed by atoms with Crippen molar-refractivity contribution < 1.29 is 4.79 Å². The van der Waals surface area contributed by atoms with E-state index in [1.807, 2.05) is 6.07 Å². The van der Waals surface area contributed by atoms with Crippen molar-refractivity contribution in [1.82, 2.24) is 0 Å². The van der Waals surface area contributed by atoms with E-state index >= 15 is 0 Å². The van der Waals surface area contributed by atoms with E-state index in [4.69, 9.17) is 0 Å². The standard InChI is InChI=1S/C10H5N3O/c14-10-7-4-9-8(12-5-13-9)3-6(7)1-2-11-10/h1-5H. The molecule has 0 atom stereocenters. The van der Waals surface area contributed by atoms with E-state index in [1.54, 1.807) is 12.1 Å². The van der Waals surface area contributed by atoms with Gasteiger partial charge in [0.15, 0.2) is 0 Å². The molecule has 0 radical (unpaired) electrons. The van der Waals surface area contributed by atoms with Crippen LogP contribution in [0.3, 0.4) is 0 Å². The first kappa shape index (κ1) is 7.32. The fourth-order valence-corrected chi connectivity index (χ4v) is 1.53. The quantitative estimate of drug-likeness (QED) is 0.557. The average Bonchev–Trinajstić information content (AvgIpc) is 2.62. The zero-order valence-corrected chi connectivity index (χ0v) is 7.14. The van der Waals surface area contributed by atoms with Gasteiger partial charge in [-0.15, -0.1) is 0 Å². The highest BCUT2D eigenvalue weighted by molar-refractivity contribution is 6.09. The van der Waals surface area contributed by atoms with Gasteiger partial charge in [-0.1, -0.05) is 0 Å². The third-order valence-electron chi connectivity index (χ3n) is 2.22. The van der Waals surface area contributed by atoms with Gasteiger partial charge in [-0.2, -0.15) is 0 Å². The summed E-state index contributed by atoms with van der Waals surface area (Å²) in [5.41, 5.74) is 1.41. The Balaban J connectivity index is 2.45. The number of amides is 1. The lowest BCUT2D eigenvalue weighted by Crippen LogP contribution is -2.21. The second-order valence-electron chi connectivity index (χ2n) is 3.05. The van der Waals surface area contributed by atoms with Crippen LogP contribution in [0.15, 0.2) is 27.1 Å². The molecule has 3 rings (SSSR count). The van der Waals surface area contributed by atoms with Gasteiger partial charge in [-0.05, 0) is 23.4 Å². The van der Waals surface area contributed by atoms with Crippen LogP contribution in [-0.2, 0) is 0 Å². The van der Waals surface area contributed by atoms with E-state index in [0.717, 1.165) is 16.3 Å². The number of rotatable bonds is 0. The Morgan fingerprint density at radius 1 is 1.14 bits per heavy atom. The molecule has 1 aromatic carbocycles. The van der Waals surface area contributed by atoms with Gasteiger partial charge in [-0.25, -0.2) is 15.0 Å². The Labute approximate surface area is 79.0 Å². The minimum Gasteiger partial charge on any atom is -0.267 e. The molecule has 2 heterocycles. The Morgan fingerprint density at radius 2 is 2.07 bits per heavy atom. The molecule has 4 nitrogen and oxygen atoms in total. The number of benzene rings is 1. The van der Waals surface area contributed by atoms with E-state index in [0.29, 0.717) is 5.56 Å². The van der Waals surface area contributed by atoms with Crippen LogP contribution in [0.1, 0.15) is 10.4 Å². The minimum absolute atomic E-state index is 0.215. The Hall–Kier alpha value is -2.10. The molecule has 1 amide bonds. The maximum absolute atomic E-state index is 11.4. The molecule has 0 saturated carbocycles. The lowest BCUT2D eigenvalue weighted by Gasteiger charge is -2.01. The summed E-state index contributed by atoms with van der Waals surface area (Å²) in [6.07, 6.45) is 4.79. The Bertz CT molecular complexity index is 611. The topological polar surface area (TPSA) is 54.1 Å². The molecule has 0 saturated heterocycles. The van der Waals surface area contributed by atoms with Gasteiger partial charge >= 0.3 is 0 Å². The van der Waals surface area contributed by atoms with Gasteiger partial charge in [0.1, 0.15) is 6.34 Å². The summed E-state index contributed by atoms with van der Waals surface area (Å²) >= 11 is 0. The zero-order chi connectivity index (χ0) is 9.54. The fourth-order valence-electron chi connectivity index (χ4n) is 1.53. The summed E-state index contributed by atoms with van der Waals surface area (Å²) in [4.78, 5) is 23.2. The van der Waals surface area contributed by atoms with Crippen LogP contribution >= 0.6 is 0 Å². The third-order valence-corrected chi connectivity index (χ3v) is 2.22. The van der Waals surface area contributed by atoms with Crippen molar-refractivity contribution in [2.75, 3.05) is 0 Å². The number of aliphatic imine (C=N–C) groups is 2. The van der Waals surface area contributed by atoms with Gasteiger partial charge < -0.3 is 0 Å². The lowest BCUT2D eigenvalue weighted by molar-refractivity contribution is 0.100. The molecular formula is C10H5N3O. The smallest absolute Gasteiger partial charge is 0.267 e. The molecule has 0 aromatic heterocycles. The first-order valence-electron chi connectivity index (χ1n) is 4.18. The van der Waals surface area contributed by atoms with E-state index in [1.165, 1.54) is 12.6 Å². The van der Waals surface area contributed by atoms with Crippen molar-refractivity contribution >= 4 is 30.2 Å². The third kappa shape index (κ3) is 0.877. The molecular weight excluding hydrogens is 178 g/mol. The molecule has 14 heavy (non-hydrogen) atoms. The first-order chi connectivity index (χ1) is 6.84. The van der Waals surface area contributed by atoms with Crippen molar-refractivity contribution in [2.45, 2.75) is 0 Å². The van der Waals surface area contributed by atoms with E-state index in [-0.39, 0.29) is 5.91 Å². The summed E-state index contributed by atoms with van der Waals surface area (Å²) in [5, 5.41) is 1.60. The van der Waals surface area contributed by atoms with Crippen molar-refractivity contribution in [3.8, 4) is 0 Å². The molecule has 66 valence electrons. The predicted octanol–water partition coefficient (Wildman–Crippen LogP) is -0.0153. The van der Waals surface area contributed by atoms with Crippen molar-refractivity contribution in [3.05, 3.63) is 28.3 Å². The second kappa shape index (κ2) is 2.45. The van der Waals surface area contributed by atoms with Crippen LogP contribution in [0.25, 0.3) is 6.08 Å². The molecule has 1 aromatic rings. The lowest BCUT2D eigenvalue weighted by atomic mass is 10.1. The van der Waals surface area contributed by atoms with E-state index < -0.39 is 0 Å². The van der Waals surface area contributed by atoms with E-state index in [9.17, 15) is 4.79 Å². The number of hydrogen-bond donors (Lipinski definition) is 0. The van der Waals surface area contributed by atoms with Crippen molar-refractivity contribution in [3.63, 3.8) is 0 Å². The maximum atomic E-state index is 11.4. The largest absolute Gasteiger partial charge is 0.277 e. The first-order valence-corrected chi connectivity index (χ1v) is 4.18. The van der Waals surface area contributed by atoms with Gasteiger partial charge in [0, 0.05) is 6.21 Å². The molecule has 4 heteroatoms. The molecule has 0 unspecified atom stereocenters. The van der Waals surface area contributed by atoms with Crippen LogP contribution in [-0.4, -0.2) is 18.5 Å². The van der Waals surface area contributed by atoms with Crippen molar-refractivity contribution in [1.29, 1.82) is 0 Å². The van der Waals surface area contributed by atoms with Gasteiger partial charge in [0.05, 0.1) is 16.6 Å². The highest BCUT2D eigenvalue weighted by Crippen LogP contribution is 2.07. The van der Waals surface area contributed by atoms with Crippen LogP contribution < -0.4 is 10.6 Å². The zero-order valence-electron chi connectivity index (χ0n) is 7.14. The summed E-state index contributed by atoms with van der Waals surface area (Å²) in [6.45, 7) is 0. The average molecular weight is 183 g/mol. The van der Waals surface area contributed by atoms with Gasteiger partial charge in [0.2, 0.25) is 0 Å². The van der Waals surface area contributed by atoms with Crippen LogP contribution in [0.4, 0.5) is 5.69 Å². The number of hydrogen-bond acceptors (Lipinski definition) is 3. The normalized spacial score (nSPS) is 15.9. The number of nitrogens with zero attached hydrogens (tertiary/aromatic N) is 3. The van der Waals surface area contributed by atoms with E-state index in [2.05, 4.69) is 15.0 Å². The van der Waals surface area contributed by atoms with Crippen molar-refractivity contribution in [2.24, 2.45) is 15.0 Å². The maximum Gasteiger partial charge on any atom is 0.277 e. The number of fused-ring (bicyclic) bond motifs is 2. The highest BCUT2D eigenvalue weighted by atomic mass is 16.1. The number of carbonyl (C=O) groups excluding carboxylic acids is 1. The monoisotopic (exact) mass is 183 g/mol. The summed E-state index contributed by atoms with van der Waals surface area (Å²) in [6, 6.07) is 3.58. The van der Waals surface area contributed by atoms with Gasteiger partial charge in [0.25, 0.3) is 5.91 Å². The molecule has 0 aliphatic carbocycles. The molecule has 2 aliphatic rings. The highest BCUT2D eigenvalue weighted by Gasteiger charge is 2.11. The van der Waals surface area contributed by atoms with Crippen LogP contribution in [0.5, 0.6) is 0 Å². The summed E-state index contributed by atoms with van der Waals surface area (Å²) in [5.74, 6) is -0.215. The summed E-state index contributed by atoms with van der Waals surface area (Å²) in [7, 11) is 0. The molecule has 0 spiro atoms. The van der Waals surface area contributed by atoms with Gasteiger partial charge in [-0.3, -0.25) is 4.79 Å². The van der Waals surface area contributed by atoms with Crippen LogP contribution in [0.2, 0.25) is 0 Å². The SMILES string of the molecule is O=C1N=CC=c2cc3c(cc21)=NC=N3. The second-order valence-corrected chi connectivity index (χ2v) is 3.05. The Morgan fingerprint density at radius 3 is 3.00 bits per heavy atom. The molecule has 0 fully saturated rings. The minimum atomic E-state index is -0.215. The number of carbonyl (C=O) groups is 1. The van der Waals surface area contributed by atoms with Crippen LogP contribution in [0, 0.1) is 0 Å². The summed E-state index contributed by atoms with van der Waals surface area (Å²) < 4.78 is 0. The molecule has 0 N–H and O–H groups in total. The predicted molar refractivity (Wildman–Crippen MR) is 52.7 cm³/mol. The molecule has 0 bridgehead atoms. The molecule has 2 aliphatic heterocycles. The Kier molecular flexibility index (Phi) is 1.28.